The fraction of sp³-hybridized carbons (Fsp3) is 0.400. The van der Waals surface area contributed by atoms with Gasteiger partial charge in [-0.25, -0.2) is 4.39 Å². The van der Waals surface area contributed by atoms with Gasteiger partial charge in [-0.3, -0.25) is 0 Å². The summed E-state index contributed by atoms with van der Waals surface area (Å²) in [5.74, 6) is -0.295. The maximum absolute atomic E-state index is 13.0. The van der Waals surface area contributed by atoms with Gasteiger partial charge >= 0.3 is 0 Å². The summed E-state index contributed by atoms with van der Waals surface area (Å²) in [4.78, 5) is 0. The topological polar surface area (TPSA) is 58.3 Å². The van der Waals surface area contributed by atoms with Crippen molar-refractivity contribution in [2.45, 2.75) is 6.04 Å². The molecular formula is C10H14BrFN2O. The van der Waals surface area contributed by atoms with Gasteiger partial charge in [-0.2, -0.15) is 0 Å². The lowest BCUT2D eigenvalue weighted by Crippen LogP contribution is -2.30. The van der Waals surface area contributed by atoms with Crippen LogP contribution in [0, 0.1) is 5.82 Å². The summed E-state index contributed by atoms with van der Waals surface area (Å²) in [6.07, 6.45) is 0. The highest BCUT2D eigenvalue weighted by Crippen LogP contribution is 2.20. The van der Waals surface area contributed by atoms with Crippen molar-refractivity contribution in [3.63, 3.8) is 0 Å². The van der Waals surface area contributed by atoms with Gasteiger partial charge in [0.2, 0.25) is 0 Å². The fourth-order valence-electron chi connectivity index (χ4n) is 1.31. The quantitative estimate of drug-likeness (QED) is 0.757. The van der Waals surface area contributed by atoms with Crippen LogP contribution < -0.4 is 11.1 Å². The number of aliphatic hydroxyl groups is 1. The summed E-state index contributed by atoms with van der Waals surface area (Å²) >= 11 is 3.12. The van der Waals surface area contributed by atoms with E-state index in [0.29, 0.717) is 17.6 Å². The van der Waals surface area contributed by atoms with E-state index in [0.717, 1.165) is 5.56 Å². The molecule has 0 spiro atoms. The number of aliphatic hydroxyl groups excluding tert-OH is 1. The van der Waals surface area contributed by atoms with Crippen molar-refractivity contribution in [3.05, 3.63) is 34.1 Å². The van der Waals surface area contributed by atoms with E-state index in [2.05, 4.69) is 21.2 Å². The van der Waals surface area contributed by atoms with Crippen molar-refractivity contribution in [2.24, 2.45) is 5.73 Å². The standard InChI is InChI=1S/C10H14BrFN2O/c11-8-5-7(1-2-9(8)12)10(6-13)14-3-4-15/h1-2,5,10,14-15H,3-4,6,13H2. The van der Waals surface area contributed by atoms with Gasteiger partial charge in [0.05, 0.1) is 11.1 Å². The monoisotopic (exact) mass is 276 g/mol. The number of rotatable bonds is 5. The molecule has 15 heavy (non-hydrogen) atoms. The van der Waals surface area contributed by atoms with Crippen LogP contribution in [0.5, 0.6) is 0 Å². The third-order valence-corrected chi connectivity index (χ3v) is 2.69. The van der Waals surface area contributed by atoms with Gasteiger partial charge in [0.1, 0.15) is 5.82 Å². The first-order chi connectivity index (χ1) is 7.19. The molecule has 1 atom stereocenters. The molecule has 0 fully saturated rings. The van der Waals surface area contributed by atoms with Crippen LogP contribution in [-0.2, 0) is 0 Å². The van der Waals surface area contributed by atoms with Crippen molar-refractivity contribution in [3.8, 4) is 0 Å². The molecule has 3 nitrogen and oxygen atoms in total. The largest absolute Gasteiger partial charge is 0.395 e. The van der Waals surface area contributed by atoms with Crippen LogP contribution in [0.1, 0.15) is 11.6 Å². The van der Waals surface area contributed by atoms with Gasteiger partial charge in [0.15, 0.2) is 0 Å². The Kier molecular flexibility index (Phi) is 5.17. The van der Waals surface area contributed by atoms with E-state index < -0.39 is 0 Å². The molecule has 0 bridgehead atoms. The molecule has 1 aromatic carbocycles. The van der Waals surface area contributed by atoms with Crippen molar-refractivity contribution in [1.29, 1.82) is 0 Å². The Morgan fingerprint density at radius 2 is 2.27 bits per heavy atom. The fourth-order valence-corrected chi connectivity index (χ4v) is 1.70. The molecule has 0 aromatic heterocycles. The zero-order valence-electron chi connectivity index (χ0n) is 8.21. The number of nitrogens with one attached hydrogen (secondary N) is 1. The Bertz CT molecular complexity index is 322. The Hall–Kier alpha value is -0.490. The molecule has 0 saturated carbocycles. The zero-order valence-corrected chi connectivity index (χ0v) is 9.80. The number of nitrogens with two attached hydrogens (primary N) is 1. The first-order valence-electron chi connectivity index (χ1n) is 4.68. The van der Waals surface area contributed by atoms with E-state index >= 15 is 0 Å². The van der Waals surface area contributed by atoms with Gasteiger partial charge < -0.3 is 16.2 Å². The Morgan fingerprint density at radius 3 is 2.80 bits per heavy atom. The first kappa shape index (κ1) is 12.6. The molecule has 0 heterocycles. The summed E-state index contributed by atoms with van der Waals surface area (Å²) in [7, 11) is 0. The van der Waals surface area contributed by atoms with Gasteiger partial charge in [0.25, 0.3) is 0 Å². The molecule has 0 aliphatic carbocycles. The van der Waals surface area contributed by atoms with Crippen LogP contribution in [0.25, 0.3) is 0 Å². The minimum Gasteiger partial charge on any atom is -0.395 e. The van der Waals surface area contributed by atoms with Crippen LogP contribution in [0.2, 0.25) is 0 Å². The van der Waals surface area contributed by atoms with Crippen molar-refractivity contribution < 1.29 is 9.50 Å². The molecule has 4 N–H and O–H groups in total. The highest BCUT2D eigenvalue weighted by molar-refractivity contribution is 9.10. The van der Waals surface area contributed by atoms with Gasteiger partial charge in [-0.1, -0.05) is 6.07 Å². The molecule has 0 aliphatic rings. The third-order valence-electron chi connectivity index (χ3n) is 2.08. The molecule has 1 unspecified atom stereocenters. The lowest BCUT2D eigenvalue weighted by molar-refractivity contribution is 0.285. The highest BCUT2D eigenvalue weighted by atomic mass is 79.9. The Balaban J connectivity index is 2.78. The minimum atomic E-state index is -0.295. The second kappa shape index (κ2) is 6.17. The molecule has 0 radical (unpaired) electrons. The van der Waals surface area contributed by atoms with Gasteiger partial charge in [-0.15, -0.1) is 0 Å². The van der Waals surface area contributed by atoms with Crippen molar-refractivity contribution in [1.82, 2.24) is 5.32 Å². The first-order valence-corrected chi connectivity index (χ1v) is 5.47. The third kappa shape index (κ3) is 3.53. The van der Waals surface area contributed by atoms with Crippen LogP contribution in [-0.4, -0.2) is 24.8 Å². The molecule has 84 valence electrons. The molecule has 0 saturated heterocycles. The van der Waals surface area contributed by atoms with E-state index in [1.54, 1.807) is 12.1 Å². The summed E-state index contributed by atoms with van der Waals surface area (Å²) < 4.78 is 13.4. The lowest BCUT2D eigenvalue weighted by atomic mass is 10.1. The van der Waals surface area contributed by atoms with Gasteiger partial charge in [0, 0.05) is 19.1 Å². The van der Waals surface area contributed by atoms with Crippen LogP contribution in [0.3, 0.4) is 0 Å². The van der Waals surface area contributed by atoms with Crippen molar-refractivity contribution in [2.75, 3.05) is 19.7 Å². The highest BCUT2D eigenvalue weighted by Gasteiger charge is 2.10. The molecule has 0 amide bonds. The normalized spacial score (nSPS) is 12.8. The summed E-state index contributed by atoms with van der Waals surface area (Å²) in [5.41, 5.74) is 6.48. The SMILES string of the molecule is NCC(NCCO)c1ccc(F)c(Br)c1. The Labute approximate surface area is 96.6 Å². The number of hydrogen-bond acceptors (Lipinski definition) is 3. The molecular weight excluding hydrogens is 263 g/mol. The molecule has 1 aromatic rings. The van der Waals surface area contributed by atoms with E-state index in [1.165, 1.54) is 6.07 Å². The summed E-state index contributed by atoms with van der Waals surface area (Å²) in [6.45, 7) is 0.924. The van der Waals surface area contributed by atoms with E-state index in [4.69, 9.17) is 10.8 Å². The van der Waals surface area contributed by atoms with E-state index in [9.17, 15) is 4.39 Å². The van der Waals surface area contributed by atoms with Crippen LogP contribution in [0.15, 0.2) is 22.7 Å². The molecule has 1 rings (SSSR count). The summed E-state index contributed by atoms with van der Waals surface area (Å²) in [6, 6.07) is 4.70. The smallest absolute Gasteiger partial charge is 0.137 e. The van der Waals surface area contributed by atoms with Gasteiger partial charge in [-0.05, 0) is 33.6 Å². The van der Waals surface area contributed by atoms with E-state index in [-0.39, 0.29) is 18.5 Å². The Morgan fingerprint density at radius 1 is 1.53 bits per heavy atom. The zero-order chi connectivity index (χ0) is 11.3. The number of benzene rings is 1. The summed E-state index contributed by atoms with van der Waals surface area (Å²) in [5, 5.41) is 11.7. The maximum Gasteiger partial charge on any atom is 0.137 e. The predicted molar refractivity (Wildman–Crippen MR) is 61.0 cm³/mol. The predicted octanol–water partition coefficient (Wildman–Crippen LogP) is 1.17. The van der Waals surface area contributed by atoms with Crippen molar-refractivity contribution >= 4 is 15.9 Å². The maximum atomic E-state index is 13.0. The second-order valence-electron chi connectivity index (χ2n) is 3.14. The average Bonchev–Trinajstić information content (AvgIpc) is 2.24. The lowest BCUT2D eigenvalue weighted by Gasteiger charge is -2.16. The van der Waals surface area contributed by atoms with E-state index in [1.807, 2.05) is 0 Å². The average molecular weight is 277 g/mol. The minimum absolute atomic E-state index is 0.0544. The number of hydrogen-bond donors (Lipinski definition) is 3. The number of halogens is 2. The van der Waals surface area contributed by atoms with Crippen LogP contribution >= 0.6 is 15.9 Å². The van der Waals surface area contributed by atoms with Crippen LogP contribution in [0.4, 0.5) is 4.39 Å². The second-order valence-corrected chi connectivity index (χ2v) is 3.99. The molecule has 5 heteroatoms. The molecule has 0 aliphatic heterocycles.